The van der Waals surface area contributed by atoms with Gasteiger partial charge in [-0.2, -0.15) is 19.8 Å². The van der Waals surface area contributed by atoms with Gasteiger partial charge in [0.15, 0.2) is 0 Å². The molecule has 0 radical (unpaired) electrons. The van der Waals surface area contributed by atoms with Gasteiger partial charge in [0.05, 0.1) is 0 Å². The van der Waals surface area contributed by atoms with Crippen LogP contribution in [0.2, 0.25) is 0 Å². The van der Waals surface area contributed by atoms with E-state index in [0.29, 0.717) is 0 Å². The lowest BCUT2D eigenvalue weighted by Gasteiger charge is -1.83. The van der Waals surface area contributed by atoms with E-state index in [1.54, 1.807) is 11.3 Å². The third kappa shape index (κ3) is 9.08. The summed E-state index contributed by atoms with van der Waals surface area (Å²) in [5, 5.41) is 4.08. The van der Waals surface area contributed by atoms with Gasteiger partial charge < -0.3 is 4.18 Å². The molecule has 1 rings (SSSR count). The Balaban J connectivity index is 0.000000211. The predicted octanol–water partition coefficient (Wildman–Crippen LogP) is 0.710. The molecule has 0 fully saturated rings. The zero-order valence-electron chi connectivity index (χ0n) is 5.78. The monoisotopic (exact) mass is 210 g/mol. The number of hydrogen-bond acceptors (Lipinski definition) is 5. The van der Waals surface area contributed by atoms with Crippen LogP contribution in [0.5, 0.6) is 0 Å². The van der Waals surface area contributed by atoms with Gasteiger partial charge in [-0.05, 0) is 10.8 Å². The van der Waals surface area contributed by atoms with Crippen LogP contribution < -0.4 is 0 Å². The van der Waals surface area contributed by atoms with Crippen LogP contribution in [-0.4, -0.2) is 19.4 Å². The summed E-state index contributed by atoms with van der Waals surface area (Å²) in [5.41, 5.74) is 0. The molecule has 68 valence electrons. The number of thiophene rings is 1. The van der Waals surface area contributed by atoms with Crippen molar-refractivity contribution in [3.05, 3.63) is 22.9 Å². The van der Waals surface area contributed by atoms with Crippen molar-refractivity contribution < 1.29 is 21.9 Å². The maximum absolute atomic E-state index is 9.33. The fourth-order valence-electron chi connectivity index (χ4n) is 0.276. The lowest BCUT2D eigenvalue weighted by molar-refractivity contribution is -0.120. The number of hydrogen-bond donors (Lipinski definition) is 1. The molecule has 12 heavy (non-hydrogen) atoms. The number of carbonyl (C=O) groups is 1. The van der Waals surface area contributed by atoms with Crippen molar-refractivity contribution in [3.63, 3.8) is 0 Å². The molecule has 0 bridgehead atoms. The third-order valence-corrected chi connectivity index (χ3v) is 1.54. The summed E-state index contributed by atoms with van der Waals surface area (Å²) in [6.07, 6.45) is 0. The van der Waals surface area contributed by atoms with Gasteiger partial charge in [-0.3, -0.25) is 9.35 Å². The summed E-state index contributed by atoms with van der Waals surface area (Å²) in [5.74, 6) is 0. The topological polar surface area (TPSA) is 80.7 Å². The van der Waals surface area contributed by atoms with Gasteiger partial charge in [0.25, 0.3) is 0 Å². The summed E-state index contributed by atoms with van der Waals surface area (Å²) in [4.78, 5) is 9.06. The van der Waals surface area contributed by atoms with Gasteiger partial charge in [0.2, 0.25) is 0 Å². The summed E-state index contributed by atoms with van der Waals surface area (Å²) >= 11 is 1.71. The molecule has 0 aliphatic rings. The van der Waals surface area contributed by atoms with E-state index in [0.717, 1.165) is 0 Å². The Morgan fingerprint density at radius 1 is 1.33 bits per heavy atom. The normalized spacial score (nSPS) is 9.42. The molecule has 0 saturated heterocycles. The first kappa shape index (κ1) is 11.1. The van der Waals surface area contributed by atoms with Crippen LogP contribution >= 0.6 is 11.3 Å². The molecular weight excluding hydrogens is 204 g/mol. The Kier molecular flexibility index (Phi) is 5.26. The molecule has 1 aromatic rings. The van der Waals surface area contributed by atoms with E-state index in [-0.39, 0.29) is 6.47 Å². The Hall–Kier alpha value is -0.920. The van der Waals surface area contributed by atoms with Gasteiger partial charge in [-0.15, -0.1) is 0 Å². The van der Waals surface area contributed by atoms with E-state index in [1.165, 1.54) is 0 Å². The van der Waals surface area contributed by atoms with Crippen LogP contribution in [0.4, 0.5) is 0 Å². The second-order valence-electron chi connectivity index (χ2n) is 1.41. The highest BCUT2D eigenvalue weighted by Gasteiger charge is 1.98. The molecule has 0 spiro atoms. The fraction of sp³-hybridized carbons (Fsp3) is 0. The maximum atomic E-state index is 9.33. The molecule has 0 aliphatic heterocycles. The highest BCUT2D eigenvalue weighted by atomic mass is 32.3. The summed E-state index contributed by atoms with van der Waals surface area (Å²) in [6, 6.07) is 4.04. The van der Waals surface area contributed by atoms with Crippen LogP contribution in [0.3, 0.4) is 0 Å². The average molecular weight is 210 g/mol. The fourth-order valence-corrected chi connectivity index (χ4v) is 0.829. The minimum absolute atomic E-state index is 0.380. The first-order valence-electron chi connectivity index (χ1n) is 2.63. The molecule has 0 unspecified atom stereocenters. The Morgan fingerprint density at radius 3 is 1.92 bits per heavy atom. The van der Waals surface area contributed by atoms with Crippen molar-refractivity contribution in [2.45, 2.75) is 0 Å². The van der Waals surface area contributed by atoms with Crippen molar-refractivity contribution in [2.24, 2.45) is 0 Å². The van der Waals surface area contributed by atoms with Crippen LogP contribution in [0.25, 0.3) is 0 Å². The van der Waals surface area contributed by atoms with Crippen molar-refractivity contribution in [3.8, 4) is 0 Å². The van der Waals surface area contributed by atoms with Gasteiger partial charge in [0, 0.05) is 0 Å². The Labute approximate surface area is 73.6 Å². The quantitative estimate of drug-likeness (QED) is 0.574. The van der Waals surface area contributed by atoms with Crippen LogP contribution in [-0.2, 0) is 19.4 Å². The minimum atomic E-state index is -4.54. The molecule has 1 N–H and O–H groups in total. The zero-order valence-corrected chi connectivity index (χ0v) is 7.42. The second-order valence-corrected chi connectivity index (χ2v) is 3.28. The number of carbonyl (C=O) groups excluding carboxylic acids is 1. The predicted molar refractivity (Wildman–Crippen MR) is 43.0 cm³/mol. The molecule has 0 amide bonds. The largest absolute Gasteiger partial charge is 0.448 e. The molecular formula is C5H6O5S2. The van der Waals surface area contributed by atoms with E-state index in [2.05, 4.69) is 4.18 Å². The van der Waals surface area contributed by atoms with Crippen LogP contribution in [0.1, 0.15) is 0 Å². The smallest absolute Gasteiger partial charge is 0.328 e. The average Bonchev–Trinajstić information content (AvgIpc) is 2.38. The molecule has 0 aliphatic carbocycles. The number of rotatable bonds is 2. The van der Waals surface area contributed by atoms with Gasteiger partial charge in [-0.25, -0.2) is 0 Å². The van der Waals surface area contributed by atoms with Crippen molar-refractivity contribution in [1.29, 1.82) is 0 Å². The summed E-state index contributed by atoms with van der Waals surface area (Å²) < 4.78 is 29.3. The van der Waals surface area contributed by atoms with E-state index >= 15 is 0 Å². The summed E-state index contributed by atoms with van der Waals surface area (Å²) in [7, 11) is -4.54. The molecule has 5 nitrogen and oxygen atoms in total. The van der Waals surface area contributed by atoms with Crippen molar-refractivity contribution in [2.75, 3.05) is 0 Å². The highest BCUT2D eigenvalue weighted by molar-refractivity contribution is 7.81. The van der Waals surface area contributed by atoms with Crippen LogP contribution in [0, 0.1) is 0 Å². The SMILES string of the molecule is O=COS(=O)(=O)O.c1ccsc1. The standard InChI is InChI=1S/C4H4S.CH2O5S/c1-2-4-5-3-1;2-1-6-7(3,4)5/h1-4H;1H,(H,3,4,5). The summed E-state index contributed by atoms with van der Waals surface area (Å²) in [6.45, 7) is -0.380. The lowest BCUT2D eigenvalue weighted by Crippen LogP contribution is -2.00. The Morgan fingerprint density at radius 2 is 1.83 bits per heavy atom. The molecule has 1 aromatic heterocycles. The maximum Gasteiger partial charge on any atom is 0.448 e. The third-order valence-electron chi connectivity index (χ3n) is 0.586. The molecule has 0 atom stereocenters. The lowest BCUT2D eigenvalue weighted by atomic mass is 10.7. The van der Waals surface area contributed by atoms with E-state index in [1.807, 2.05) is 22.9 Å². The van der Waals surface area contributed by atoms with Crippen molar-refractivity contribution >= 4 is 28.2 Å². The Bertz CT molecular complexity index is 270. The van der Waals surface area contributed by atoms with E-state index in [9.17, 15) is 8.42 Å². The molecule has 0 aromatic carbocycles. The van der Waals surface area contributed by atoms with Gasteiger partial charge in [0.1, 0.15) is 0 Å². The first-order valence-corrected chi connectivity index (χ1v) is 4.93. The molecule has 1 heterocycles. The van der Waals surface area contributed by atoms with Gasteiger partial charge in [-0.1, -0.05) is 12.1 Å². The minimum Gasteiger partial charge on any atom is -0.328 e. The second kappa shape index (κ2) is 5.70. The first-order chi connectivity index (χ1) is 5.56. The van der Waals surface area contributed by atoms with Crippen LogP contribution in [0.15, 0.2) is 22.9 Å². The zero-order chi connectivity index (χ0) is 9.45. The van der Waals surface area contributed by atoms with E-state index < -0.39 is 10.4 Å². The molecule has 7 heteroatoms. The van der Waals surface area contributed by atoms with Gasteiger partial charge >= 0.3 is 16.9 Å². The van der Waals surface area contributed by atoms with E-state index in [4.69, 9.17) is 9.35 Å². The van der Waals surface area contributed by atoms with Crippen molar-refractivity contribution in [1.82, 2.24) is 0 Å². The molecule has 0 saturated carbocycles. The highest BCUT2D eigenvalue weighted by Crippen LogP contribution is 1.91.